The summed E-state index contributed by atoms with van der Waals surface area (Å²) in [7, 11) is 0. The Kier molecular flexibility index (Phi) is 9.24. The number of hydrogen-bond donors (Lipinski definition) is 1. The molecular formula is C35H33Cl2N3O5. The lowest BCUT2D eigenvalue weighted by Crippen LogP contribution is -2.51. The van der Waals surface area contributed by atoms with Gasteiger partial charge in [0.25, 0.3) is 5.91 Å². The second-order valence-corrected chi connectivity index (χ2v) is 12.6. The highest BCUT2D eigenvalue weighted by molar-refractivity contribution is 6.31. The van der Waals surface area contributed by atoms with E-state index in [-0.39, 0.29) is 40.9 Å². The number of rotatable bonds is 8. The third kappa shape index (κ3) is 7.08. The van der Waals surface area contributed by atoms with E-state index in [4.69, 9.17) is 27.6 Å². The molecule has 0 spiro atoms. The van der Waals surface area contributed by atoms with Crippen LogP contribution in [-0.2, 0) is 22.6 Å². The molecular weight excluding hydrogens is 613 g/mol. The van der Waals surface area contributed by atoms with Crippen LogP contribution in [0.3, 0.4) is 0 Å². The Bertz CT molecular complexity index is 1800. The number of piperidine rings is 1. The average molecular weight is 647 g/mol. The molecule has 1 atom stereocenters. The normalized spacial score (nSPS) is 16.3. The summed E-state index contributed by atoms with van der Waals surface area (Å²) in [5, 5.41) is 4.06. The van der Waals surface area contributed by atoms with Crippen molar-refractivity contribution >= 4 is 51.9 Å². The molecule has 10 heteroatoms. The molecule has 0 saturated carbocycles. The summed E-state index contributed by atoms with van der Waals surface area (Å²) < 4.78 is 5.74. The SMILES string of the molecule is O=C(N[C@@H](Cc1ccc(Cl)cc1)C(=O)N1CCC(c2ccccc2CN2CCCC2=O)CC1)c1cc(=O)c2cc(Cl)ccc2o1. The summed E-state index contributed by atoms with van der Waals surface area (Å²) in [5.41, 5.74) is 3.04. The van der Waals surface area contributed by atoms with Gasteiger partial charge in [-0.2, -0.15) is 0 Å². The van der Waals surface area contributed by atoms with Gasteiger partial charge in [0.1, 0.15) is 11.6 Å². The molecule has 232 valence electrons. The zero-order chi connectivity index (χ0) is 31.5. The zero-order valence-electron chi connectivity index (χ0n) is 24.6. The Morgan fingerprint density at radius 1 is 0.911 bits per heavy atom. The molecule has 6 rings (SSSR count). The van der Waals surface area contributed by atoms with Crippen molar-refractivity contribution in [3.8, 4) is 0 Å². The van der Waals surface area contributed by atoms with Gasteiger partial charge in [0, 0.05) is 55.1 Å². The smallest absolute Gasteiger partial charge is 0.287 e. The number of halogens is 2. The quantitative estimate of drug-likeness (QED) is 0.255. The van der Waals surface area contributed by atoms with Crippen LogP contribution >= 0.6 is 23.2 Å². The lowest BCUT2D eigenvalue weighted by Gasteiger charge is -2.35. The molecule has 1 aromatic heterocycles. The number of carbonyl (C=O) groups excluding carboxylic acids is 3. The number of hydrogen-bond acceptors (Lipinski definition) is 5. The van der Waals surface area contributed by atoms with Crippen LogP contribution in [0.2, 0.25) is 10.0 Å². The molecule has 0 radical (unpaired) electrons. The molecule has 4 aromatic rings. The molecule has 2 fully saturated rings. The summed E-state index contributed by atoms with van der Waals surface area (Å²) in [5.74, 6) is -0.589. The Labute approximate surface area is 270 Å². The molecule has 3 aromatic carbocycles. The van der Waals surface area contributed by atoms with Gasteiger partial charge >= 0.3 is 0 Å². The van der Waals surface area contributed by atoms with E-state index in [2.05, 4.69) is 17.4 Å². The molecule has 3 amide bonds. The van der Waals surface area contributed by atoms with E-state index < -0.39 is 17.4 Å². The Morgan fingerprint density at radius 2 is 1.64 bits per heavy atom. The molecule has 2 aliphatic heterocycles. The zero-order valence-corrected chi connectivity index (χ0v) is 26.2. The van der Waals surface area contributed by atoms with Crippen molar-refractivity contribution in [3.63, 3.8) is 0 Å². The Morgan fingerprint density at radius 3 is 2.38 bits per heavy atom. The van der Waals surface area contributed by atoms with E-state index in [1.165, 1.54) is 17.7 Å². The van der Waals surface area contributed by atoms with Crippen molar-refractivity contribution in [2.45, 2.75) is 50.6 Å². The largest absolute Gasteiger partial charge is 0.451 e. The molecule has 2 aliphatic rings. The number of fused-ring (bicyclic) bond motifs is 1. The third-order valence-corrected chi connectivity index (χ3v) is 9.19. The number of nitrogens with zero attached hydrogens (tertiary/aromatic N) is 2. The monoisotopic (exact) mass is 645 g/mol. The minimum atomic E-state index is -0.894. The highest BCUT2D eigenvalue weighted by Gasteiger charge is 2.32. The Hall–Kier alpha value is -4.14. The lowest BCUT2D eigenvalue weighted by molar-refractivity contribution is -0.134. The third-order valence-electron chi connectivity index (χ3n) is 8.70. The maximum Gasteiger partial charge on any atom is 0.287 e. The lowest BCUT2D eigenvalue weighted by atomic mass is 9.86. The topological polar surface area (TPSA) is 99.9 Å². The highest BCUT2D eigenvalue weighted by atomic mass is 35.5. The maximum atomic E-state index is 14.0. The number of amides is 3. The fourth-order valence-electron chi connectivity index (χ4n) is 6.31. The maximum absolute atomic E-state index is 14.0. The van der Waals surface area contributed by atoms with Gasteiger partial charge in [-0.25, -0.2) is 0 Å². The molecule has 0 aliphatic carbocycles. The predicted octanol–water partition coefficient (Wildman–Crippen LogP) is 5.97. The van der Waals surface area contributed by atoms with Crippen molar-refractivity contribution < 1.29 is 18.8 Å². The van der Waals surface area contributed by atoms with Crippen LogP contribution in [0.4, 0.5) is 0 Å². The second kappa shape index (κ2) is 13.5. The molecule has 1 N–H and O–H groups in total. The summed E-state index contributed by atoms with van der Waals surface area (Å²) in [4.78, 5) is 56.1. The van der Waals surface area contributed by atoms with Crippen molar-refractivity contribution in [2.24, 2.45) is 0 Å². The highest BCUT2D eigenvalue weighted by Crippen LogP contribution is 2.32. The molecule has 45 heavy (non-hydrogen) atoms. The number of nitrogens with one attached hydrogen (secondary N) is 1. The fourth-order valence-corrected chi connectivity index (χ4v) is 6.61. The first-order valence-electron chi connectivity index (χ1n) is 15.2. The van der Waals surface area contributed by atoms with E-state index in [1.807, 2.05) is 29.2 Å². The van der Waals surface area contributed by atoms with Gasteiger partial charge in [0.05, 0.1) is 5.39 Å². The number of benzene rings is 3. The van der Waals surface area contributed by atoms with E-state index >= 15 is 0 Å². The minimum Gasteiger partial charge on any atom is -0.451 e. The molecule has 2 saturated heterocycles. The van der Waals surface area contributed by atoms with Crippen molar-refractivity contribution in [3.05, 3.63) is 116 Å². The second-order valence-electron chi connectivity index (χ2n) is 11.7. The van der Waals surface area contributed by atoms with Gasteiger partial charge in [0.15, 0.2) is 11.2 Å². The van der Waals surface area contributed by atoms with Gasteiger partial charge in [-0.3, -0.25) is 19.2 Å². The standard InChI is InChI=1S/C35H33Cl2N3O5/c36-25-9-7-22(8-10-25)18-29(38-34(43)32-20-30(41)28-19-26(37)11-12-31(28)45-32)35(44)39-16-13-23(14-17-39)27-5-2-1-4-24(27)21-40-15-3-6-33(40)42/h1-2,4-5,7-12,19-20,23,29H,3,6,13-18,21H2,(H,38,43)/t29-/m0/s1. The first kappa shape index (κ1) is 30.9. The summed E-state index contributed by atoms with van der Waals surface area (Å²) >= 11 is 12.1. The van der Waals surface area contributed by atoms with Gasteiger partial charge in [-0.1, -0.05) is 59.6 Å². The Balaban J connectivity index is 1.18. The van der Waals surface area contributed by atoms with E-state index in [1.54, 1.807) is 23.1 Å². The van der Waals surface area contributed by atoms with Crippen LogP contribution in [0.1, 0.15) is 58.8 Å². The van der Waals surface area contributed by atoms with Crippen molar-refractivity contribution in [2.75, 3.05) is 19.6 Å². The van der Waals surface area contributed by atoms with E-state index in [9.17, 15) is 19.2 Å². The van der Waals surface area contributed by atoms with Crippen molar-refractivity contribution in [1.82, 2.24) is 15.1 Å². The van der Waals surface area contributed by atoms with Crippen LogP contribution < -0.4 is 10.7 Å². The van der Waals surface area contributed by atoms with Gasteiger partial charge in [-0.05, 0) is 72.2 Å². The van der Waals surface area contributed by atoms with Gasteiger partial charge < -0.3 is 19.5 Å². The molecule has 0 bridgehead atoms. The average Bonchev–Trinajstić information content (AvgIpc) is 3.45. The van der Waals surface area contributed by atoms with E-state index in [0.29, 0.717) is 36.1 Å². The number of carbonyl (C=O) groups is 3. The first-order chi connectivity index (χ1) is 21.7. The summed E-state index contributed by atoms with van der Waals surface area (Å²) in [6.45, 7) is 2.46. The van der Waals surface area contributed by atoms with Crippen LogP contribution in [0.5, 0.6) is 0 Å². The summed E-state index contributed by atoms with van der Waals surface area (Å²) in [6.07, 6.45) is 3.28. The molecule has 0 unspecified atom stereocenters. The predicted molar refractivity (Wildman–Crippen MR) is 174 cm³/mol. The number of likely N-dealkylation sites (tertiary alicyclic amines) is 2. The fraction of sp³-hybridized carbons (Fsp3) is 0.314. The molecule has 8 nitrogen and oxygen atoms in total. The summed E-state index contributed by atoms with van der Waals surface area (Å²) in [6, 6.07) is 20.2. The van der Waals surface area contributed by atoms with Crippen LogP contribution in [0, 0.1) is 0 Å². The molecule has 3 heterocycles. The van der Waals surface area contributed by atoms with Crippen LogP contribution in [0.15, 0.2) is 82.0 Å². The first-order valence-corrected chi connectivity index (χ1v) is 15.9. The minimum absolute atomic E-state index is 0.185. The van der Waals surface area contributed by atoms with Crippen LogP contribution in [0.25, 0.3) is 11.0 Å². The van der Waals surface area contributed by atoms with E-state index in [0.717, 1.165) is 43.0 Å². The van der Waals surface area contributed by atoms with Gasteiger partial charge in [0.2, 0.25) is 11.8 Å². The van der Waals surface area contributed by atoms with Crippen molar-refractivity contribution in [1.29, 1.82) is 0 Å². The van der Waals surface area contributed by atoms with Crippen LogP contribution in [-0.4, -0.2) is 53.2 Å². The van der Waals surface area contributed by atoms with Gasteiger partial charge in [-0.15, -0.1) is 0 Å².